The number of fused-ring (bicyclic) bond motifs is 1. The molecular weight excluding hydrogens is 376 g/mol. The van der Waals surface area contributed by atoms with Crippen molar-refractivity contribution in [1.29, 1.82) is 0 Å². The fourth-order valence-corrected chi connectivity index (χ4v) is 2.40. The van der Waals surface area contributed by atoms with E-state index in [9.17, 15) is 29.1 Å². The Kier molecular flexibility index (Phi) is 5.70. The molecule has 146 valence electrons. The lowest BCUT2D eigenvalue weighted by Gasteiger charge is -2.19. The second-order valence-electron chi connectivity index (χ2n) is 5.81. The van der Waals surface area contributed by atoms with E-state index < -0.39 is 48.2 Å². The van der Waals surface area contributed by atoms with Gasteiger partial charge in [-0.15, -0.1) is 0 Å². The molecule has 1 aromatic heterocycles. The highest BCUT2D eigenvalue weighted by molar-refractivity contribution is 6.07. The van der Waals surface area contributed by atoms with Crippen LogP contribution < -0.4 is 5.73 Å². The number of carbonyl (C=O) groups excluding carboxylic acids is 3. The fourth-order valence-electron chi connectivity index (χ4n) is 2.40. The number of nitrogens with zero attached hydrogens (tertiary/aromatic N) is 1. The zero-order chi connectivity index (χ0) is 21.1. The van der Waals surface area contributed by atoms with Crippen LogP contribution in [0.25, 0.3) is 10.8 Å². The molecule has 0 fully saturated rings. The number of carbonyl (C=O) groups is 5. The van der Waals surface area contributed by atoms with Gasteiger partial charge in [0.25, 0.3) is 5.91 Å². The number of primary amides is 1. The number of amides is 1. The van der Waals surface area contributed by atoms with E-state index in [-0.39, 0.29) is 11.3 Å². The molecule has 0 aliphatic rings. The number of hydrogen-bond acceptors (Lipinski definition) is 8. The summed E-state index contributed by atoms with van der Waals surface area (Å²) in [4.78, 5) is 60.8. The molecule has 1 amide bonds. The maximum absolute atomic E-state index is 12.1. The quantitative estimate of drug-likeness (QED) is 0.360. The minimum Gasteiger partial charge on any atom is -0.481 e. The van der Waals surface area contributed by atoms with Crippen LogP contribution in [-0.2, 0) is 19.1 Å². The number of rotatable bonds is 7. The Morgan fingerprint density at radius 3 is 2.32 bits per heavy atom. The Balaban J connectivity index is 2.20. The van der Waals surface area contributed by atoms with E-state index in [1.807, 2.05) is 0 Å². The van der Waals surface area contributed by atoms with E-state index in [1.165, 1.54) is 30.5 Å². The Morgan fingerprint density at radius 1 is 1.07 bits per heavy atom. The normalized spacial score (nSPS) is 12.8. The van der Waals surface area contributed by atoms with E-state index >= 15 is 0 Å². The molecule has 0 bridgehead atoms. The molecule has 1 unspecified atom stereocenters. The number of hydrogen-bond donors (Lipinski definition) is 4. The van der Waals surface area contributed by atoms with Crippen molar-refractivity contribution in [3.8, 4) is 0 Å². The fraction of sp³-hybridized carbons (Fsp3) is 0.176. The summed E-state index contributed by atoms with van der Waals surface area (Å²) in [6.45, 7) is 0. The van der Waals surface area contributed by atoms with Crippen LogP contribution in [0.5, 0.6) is 0 Å². The number of benzene rings is 1. The van der Waals surface area contributed by atoms with Crippen LogP contribution in [0.1, 0.15) is 33.7 Å². The smallest absolute Gasteiger partial charge is 0.345 e. The van der Waals surface area contributed by atoms with E-state index in [0.717, 1.165) is 0 Å². The van der Waals surface area contributed by atoms with E-state index in [2.05, 4.69) is 9.72 Å². The van der Waals surface area contributed by atoms with Gasteiger partial charge in [-0.3, -0.25) is 19.4 Å². The van der Waals surface area contributed by atoms with Gasteiger partial charge in [-0.25, -0.2) is 9.59 Å². The van der Waals surface area contributed by atoms with Gasteiger partial charge in [0.15, 0.2) is 5.60 Å². The van der Waals surface area contributed by atoms with Crippen molar-refractivity contribution in [3.05, 3.63) is 41.7 Å². The summed E-state index contributed by atoms with van der Waals surface area (Å²) >= 11 is 0. The van der Waals surface area contributed by atoms with Crippen LogP contribution in [0.2, 0.25) is 0 Å². The number of nitrogens with two attached hydrogens (primary N) is 1. The van der Waals surface area contributed by atoms with Gasteiger partial charge in [0.05, 0.1) is 18.4 Å². The average molecular weight is 390 g/mol. The molecule has 28 heavy (non-hydrogen) atoms. The van der Waals surface area contributed by atoms with Crippen molar-refractivity contribution in [1.82, 2.24) is 4.98 Å². The lowest BCUT2D eigenvalue weighted by Crippen LogP contribution is -2.43. The van der Waals surface area contributed by atoms with Gasteiger partial charge in [-0.1, -0.05) is 6.07 Å². The van der Waals surface area contributed by atoms with Crippen molar-refractivity contribution in [2.24, 2.45) is 5.73 Å². The topological polar surface area (TPSA) is 194 Å². The molecule has 2 aromatic rings. The standard InChI is InChI=1S/C17H14N2O9/c18-14(23)13-10-2-1-9(5-8(10)3-4-19-13)15(24)28-12(22)7-17(27,16(25)26)6-11(20)21/h1-5,27H,6-7H2,(H2,18,23)(H,20,21)(H,25,26). The van der Waals surface area contributed by atoms with Crippen LogP contribution >= 0.6 is 0 Å². The lowest BCUT2D eigenvalue weighted by atomic mass is 9.96. The average Bonchev–Trinajstić information content (AvgIpc) is 2.59. The summed E-state index contributed by atoms with van der Waals surface area (Å²) in [5, 5.41) is 28.1. The molecule has 1 atom stereocenters. The molecule has 11 heteroatoms. The number of aromatic nitrogens is 1. The molecule has 0 aliphatic carbocycles. The molecule has 0 spiro atoms. The molecule has 0 saturated heterocycles. The molecule has 0 aliphatic heterocycles. The lowest BCUT2D eigenvalue weighted by molar-refractivity contribution is -0.170. The number of carboxylic acid groups (broad SMARTS) is 2. The molecular formula is C17H14N2O9. The van der Waals surface area contributed by atoms with E-state index in [0.29, 0.717) is 10.8 Å². The largest absolute Gasteiger partial charge is 0.481 e. The van der Waals surface area contributed by atoms with Crippen molar-refractivity contribution < 1.29 is 44.0 Å². The summed E-state index contributed by atoms with van der Waals surface area (Å²) in [7, 11) is 0. The minimum absolute atomic E-state index is 0.0197. The maximum atomic E-state index is 12.1. The highest BCUT2D eigenvalue weighted by Gasteiger charge is 2.42. The Labute approximate surface area is 156 Å². The molecule has 1 heterocycles. The summed E-state index contributed by atoms with van der Waals surface area (Å²) in [6, 6.07) is 5.37. The third-order valence-corrected chi connectivity index (χ3v) is 3.72. The van der Waals surface area contributed by atoms with Gasteiger partial charge in [0.2, 0.25) is 0 Å². The number of pyridine rings is 1. The van der Waals surface area contributed by atoms with E-state index in [1.54, 1.807) is 0 Å². The molecule has 1 aromatic carbocycles. The van der Waals surface area contributed by atoms with Gasteiger partial charge >= 0.3 is 23.9 Å². The van der Waals surface area contributed by atoms with Crippen molar-refractivity contribution in [2.45, 2.75) is 18.4 Å². The SMILES string of the molecule is NC(=O)c1nccc2cc(C(=O)OC(=O)CC(O)(CC(=O)O)C(=O)O)ccc12. The first-order chi connectivity index (χ1) is 13.0. The van der Waals surface area contributed by atoms with Crippen molar-refractivity contribution in [3.63, 3.8) is 0 Å². The molecule has 11 nitrogen and oxygen atoms in total. The zero-order valence-electron chi connectivity index (χ0n) is 14.1. The summed E-state index contributed by atoms with van der Waals surface area (Å²) in [6.07, 6.45) is -1.21. The molecule has 0 radical (unpaired) electrons. The predicted molar refractivity (Wildman–Crippen MR) is 90.1 cm³/mol. The summed E-state index contributed by atoms with van der Waals surface area (Å²) in [5.74, 6) is -6.97. The number of carboxylic acids is 2. The second kappa shape index (κ2) is 7.80. The predicted octanol–water partition coefficient (Wildman–Crippen LogP) is -0.302. The summed E-state index contributed by atoms with van der Waals surface area (Å²) < 4.78 is 4.49. The van der Waals surface area contributed by atoms with Crippen LogP contribution in [0, 0.1) is 0 Å². The van der Waals surface area contributed by atoms with Crippen LogP contribution in [0.3, 0.4) is 0 Å². The number of aliphatic carboxylic acids is 2. The van der Waals surface area contributed by atoms with Gasteiger partial charge in [0.1, 0.15) is 5.69 Å². The van der Waals surface area contributed by atoms with Gasteiger partial charge in [-0.05, 0) is 23.6 Å². The number of esters is 2. The molecule has 5 N–H and O–H groups in total. The summed E-state index contributed by atoms with van der Waals surface area (Å²) in [5.41, 5.74) is 2.16. The minimum atomic E-state index is -2.92. The van der Waals surface area contributed by atoms with Crippen LogP contribution in [0.4, 0.5) is 0 Å². The van der Waals surface area contributed by atoms with Gasteiger partial charge in [-0.2, -0.15) is 0 Å². The second-order valence-corrected chi connectivity index (χ2v) is 5.81. The third kappa shape index (κ3) is 4.45. The van der Waals surface area contributed by atoms with E-state index in [4.69, 9.17) is 15.9 Å². The van der Waals surface area contributed by atoms with Crippen molar-refractivity contribution >= 4 is 40.6 Å². The third-order valence-electron chi connectivity index (χ3n) is 3.72. The van der Waals surface area contributed by atoms with Crippen LogP contribution in [0.15, 0.2) is 30.5 Å². The monoisotopic (exact) mass is 390 g/mol. The first kappa shape index (κ1) is 20.5. The molecule has 2 rings (SSSR count). The highest BCUT2D eigenvalue weighted by Crippen LogP contribution is 2.20. The Bertz CT molecular complexity index is 1000. The highest BCUT2D eigenvalue weighted by atomic mass is 16.6. The maximum Gasteiger partial charge on any atom is 0.345 e. The van der Waals surface area contributed by atoms with Gasteiger partial charge in [0, 0.05) is 11.6 Å². The van der Waals surface area contributed by atoms with Crippen molar-refractivity contribution in [2.75, 3.05) is 0 Å². The number of ether oxygens (including phenoxy) is 1. The van der Waals surface area contributed by atoms with Gasteiger partial charge < -0.3 is 25.8 Å². The Hall–Kier alpha value is -3.86. The molecule has 0 saturated carbocycles. The van der Waals surface area contributed by atoms with Crippen LogP contribution in [-0.4, -0.2) is 55.7 Å². The zero-order valence-corrected chi connectivity index (χ0v) is 14.1. The first-order valence-corrected chi connectivity index (χ1v) is 7.64. The first-order valence-electron chi connectivity index (χ1n) is 7.64. The Morgan fingerprint density at radius 2 is 1.75 bits per heavy atom. The number of aliphatic hydroxyl groups is 1.